The minimum atomic E-state index is -0.222. The molecule has 3 aromatic rings. The van der Waals surface area contributed by atoms with Crippen LogP contribution in [0.3, 0.4) is 0 Å². The van der Waals surface area contributed by atoms with Gasteiger partial charge in [0.15, 0.2) is 11.5 Å². The number of ketones is 1. The Morgan fingerprint density at radius 1 is 1.19 bits per heavy atom. The Bertz CT molecular complexity index is 1090. The first-order valence-corrected chi connectivity index (χ1v) is 9.47. The summed E-state index contributed by atoms with van der Waals surface area (Å²) in [7, 11) is 0. The van der Waals surface area contributed by atoms with Gasteiger partial charge in [-0.3, -0.25) is 4.79 Å². The minimum absolute atomic E-state index is 0.179. The molecule has 0 fully saturated rings. The number of ether oxygens (including phenoxy) is 2. The molecule has 2 aromatic carbocycles. The van der Waals surface area contributed by atoms with Crippen molar-refractivity contribution in [1.29, 1.82) is 5.26 Å². The van der Waals surface area contributed by atoms with E-state index >= 15 is 0 Å². The standard InChI is InChI=1S/C19H12BrN3O3S/c20-11-3-1-10(2-4-11)17(24)18-16(22)13(8-21)19(27-18)23-12-5-6-14-15(7-12)26-9-25-14/h1-7,23H,9,22H2. The molecule has 4 rings (SSSR count). The number of carbonyl (C=O) groups excluding carboxylic acids is 1. The summed E-state index contributed by atoms with van der Waals surface area (Å²) >= 11 is 4.50. The fraction of sp³-hybridized carbons (Fsp3) is 0.0526. The number of nitrogens with one attached hydrogen (secondary N) is 1. The molecule has 1 aromatic heterocycles. The maximum atomic E-state index is 12.8. The van der Waals surface area contributed by atoms with Gasteiger partial charge < -0.3 is 20.5 Å². The van der Waals surface area contributed by atoms with Gasteiger partial charge in [-0.05, 0) is 36.4 Å². The fourth-order valence-electron chi connectivity index (χ4n) is 2.65. The van der Waals surface area contributed by atoms with Gasteiger partial charge in [0.25, 0.3) is 0 Å². The highest BCUT2D eigenvalue weighted by atomic mass is 79.9. The molecule has 0 bridgehead atoms. The third-order valence-electron chi connectivity index (χ3n) is 4.00. The molecule has 2 heterocycles. The van der Waals surface area contributed by atoms with Crippen LogP contribution in [0.5, 0.6) is 11.5 Å². The van der Waals surface area contributed by atoms with Crippen molar-refractivity contribution in [2.75, 3.05) is 17.8 Å². The van der Waals surface area contributed by atoms with E-state index in [0.29, 0.717) is 32.6 Å². The molecule has 1 aliphatic rings. The lowest BCUT2D eigenvalue weighted by atomic mass is 10.1. The number of carbonyl (C=O) groups is 1. The van der Waals surface area contributed by atoms with E-state index in [1.807, 2.05) is 0 Å². The van der Waals surface area contributed by atoms with E-state index in [4.69, 9.17) is 15.2 Å². The summed E-state index contributed by atoms with van der Waals surface area (Å²) in [5.74, 6) is 1.06. The van der Waals surface area contributed by atoms with E-state index in [1.54, 1.807) is 42.5 Å². The first-order valence-electron chi connectivity index (χ1n) is 7.86. The van der Waals surface area contributed by atoms with E-state index in [1.165, 1.54) is 0 Å². The highest BCUT2D eigenvalue weighted by Gasteiger charge is 2.23. The molecular formula is C19H12BrN3O3S. The van der Waals surface area contributed by atoms with Crippen molar-refractivity contribution in [3.05, 3.63) is 62.9 Å². The number of hydrogen-bond acceptors (Lipinski definition) is 7. The Labute approximate surface area is 167 Å². The van der Waals surface area contributed by atoms with Crippen molar-refractivity contribution in [1.82, 2.24) is 0 Å². The molecule has 0 aliphatic carbocycles. The van der Waals surface area contributed by atoms with Crippen molar-refractivity contribution in [2.24, 2.45) is 0 Å². The average molecular weight is 442 g/mol. The zero-order chi connectivity index (χ0) is 19.0. The van der Waals surface area contributed by atoms with Gasteiger partial charge in [-0.25, -0.2) is 0 Å². The first-order chi connectivity index (χ1) is 13.1. The van der Waals surface area contributed by atoms with Gasteiger partial charge in [-0.2, -0.15) is 5.26 Å². The van der Waals surface area contributed by atoms with Crippen LogP contribution in [0, 0.1) is 11.3 Å². The number of nitrogens with two attached hydrogens (primary N) is 1. The van der Waals surface area contributed by atoms with E-state index in [2.05, 4.69) is 27.3 Å². The van der Waals surface area contributed by atoms with Crippen LogP contribution in [-0.2, 0) is 0 Å². The number of nitrogen functional groups attached to an aromatic ring is 1. The lowest BCUT2D eigenvalue weighted by Crippen LogP contribution is -2.02. The normalized spacial score (nSPS) is 11.9. The largest absolute Gasteiger partial charge is 0.454 e. The Morgan fingerprint density at radius 3 is 2.67 bits per heavy atom. The van der Waals surface area contributed by atoms with Crippen LogP contribution in [0.4, 0.5) is 16.4 Å². The van der Waals surface area contributed by atoms with Crippen LogP contribution < -0.4 is 20.5 Å². The number of benzene rings is 2. The van der Waals surface area contributed by atoms with Gasteiger partial charge in [0.05, 0.1) is 5.69 Å². The number of thiophene rings is 1. The molecule has 1 aliphatic heterocycles. The minimum Gasteiger partial charge on any atom is -0.454 e. The summed E-state index contributed by atoms with van der Waals surface area (Å²) in [5, 5.41) is 13.2. The van der Waals surface area contributed by atoms with Gasteiger partial charge in [-0.1, -0.05) is 15.9 Å². The van der Waals surface area contributed by atoms with Crippen LogP contribution in [0.15, 0.2) is 46.9 Å². The number of nitrogens with zero attached hydrogens (tertiary/aromatic N) is 1. The summed E-state index contributed by atoms with van der Waals surface area (Å²) in [6.45, 7) is 0.181. The number of nitriles is 1. The number of hydrogen-bond donors (Lipinski definition) is 2. The Hall–Kier alpha value is -3.02. The molecule has 0 amide bonds. The molecule has 3 N–H and O–H groups in total. The topological polar surface area (TPSA) is 97.4 Å². The van der Waals surface area contributed by atoms with Crippen LogP contribution in [-0.4, -0.2) is 12.6 Å². The van der Waals surface area contributed by atoms with E-state index in [0.717, 1.165) is 15.8 Å². The van der Waals surface area contributed by atoms with Crippen LogP contribution >= 0.6 is 27.3 Å². The van der Waals surface area contributed by atoms with Crippen LogP contribution in [0.1, 0.15) is 20.8 Å². The summed E-state index contributed by atoms with van der Waals surface area (Å²) in [5.41, 5.74) is 7.74. The maximum Gasteiger partial charge on any atom is 0.231 e. The molecule has 0 saturated heterocycles. The number of halogens is 1. The van der Waals surface area contributed by atoms with E-state index in [-0.39, 0.29) is 23.8 Å². The fourth-order valence-corrected chi connectivity index (χ4v) is 3.97. The average Bonchev–Trinajstić information content (AvgIpc) is 3.25. The second kappa shape index (κ2) is 6.95. The quantitative estimate of drug-likeness (QED) is 0.570. The molecule has 8 heteroatoms. The Kier molecular flexibility index (Phi) is 4.48. The van der Waals surface area contributed by atoms with Gasteiger partial charge in [0.1, 0.15) is 21.5 Å². The first kappa shape index (κ1) is 17.4. The van der Waals surface area contributed by atoms with Gasteiger partial charge in [0.2, 0.25) is 12.6 Å². The van der Waals surface area contributed by atoms with Crippen molar-refractivity contribution >= 4 is 49.4 Å². The van der Waals surface area contributed by atoms with Gasteiger partial charge in [-0.15, -0.1) is 11.3 Å². The number of fused-ring (bicyclic) bond motifs is 1. The molecule has 0 unspecified atom stereocenters. The third-order valence-corrected chi connectivity index (χ3v) is 5.65. The second-order valence-corrected chi connectivity index (χ2v) is 7.63. The molecule has 27 heavy (non-hydrogen) atoms. The monoisotopic (exact) mass is 441 g/mol. The molecule has 0 spiro atoms. The zero-order valence-electron chi connectivity index (χ0n) is 13.8. The molecular weight excluding hydrogens is 430 g/mol. The van der Waals surface area contributed by atoms with Crippen molar-refractivity contribution in [3.63, 3.8) is 0 Å². The van der Waals surface area contributed by atoms with Crippen LogP contribution in [0.2, 0.25) is 0 Å². The van der Waals surface area contributed by atoms with Gasteiger partial charge in [0, 0.05) is 21.8 Å². The highest BCUT2D eigenvalue weighted by molar-refractivity contribution is 9.10. The molecule has 0 atom stereocenters. The summed E-state index contributed by atoms with van der Waals surface area (Å²) in [4.78, 5) is 13.1. The summed E-state index contributed by atoms with van der Waals surface area (Å²) in [6, 6.07) is 14.4. The molecule has 0 saturated carbocycles. The highest BCUT2D eigenvalue weighted by Crippen LogP contribution is 2.40. The SMILES string of the molecule is N#Cc1c(Nc2ccc3c(c2)OCO3)sc(C(=O)c2ccc(Br)cc2)c1N. The lowest BCUT2D eigenvalue weighted by Gasteiger charge is -2.05. The van der Waals surface area contributed by atoms with Crippen molar-refractivity contribution < 1.29 is 14.3 Å². The molecule has 0 radical (unpaired) electrons. The number of rotatable bonds is 4. The predicted molar refractivity (Wildman–Crippen MR) is 107 cm³/mol. The number of anilines is 3. The smallest absolute Gasteiger partial charge is 0.231 e. The summed E-state index contributed by atoms with van der Waals surface area (Å²) < 4.78 is 11.5. The van der Waals surface area contributed by atoms with E-state index < -0.39 is 0 Å². The Morgan fingerprint density at radius 2 is 1.93 bits per heavy atom. The summed E-state index contributed by atoms with van der Waals surface area (Å²) in [6.07, 6.45) is 0. The van der Waals surface area contributed by atoms with Crippen molar-refractivity contribution in [2.45, 2.75) is 0 Å². The van der Waals surface area contributed by atoms with Gasteiger partial charge >= 0.3 is 0 Å². The predicted octanol–water partition coefficient (Wildman–Crippen LogP) is 4.67. The maximum absolute atomic E-state index is 12.8. The third kappa shape index (κ3) is 3.23. The molecule has 134 valence electrons. The van der Waals surface area contributed by atoms with Crippen LogP contribution in [0.25, 0.3) is 0 Å². The second-order valence-electron chi connectivity index (χ2n) is 5.69. The van der Waals surface area contributed by atoms with Crippen molar-refractivity contribution in [3.8, 4) is 17.6 Å². The van der Waals surface area contributed by atoms with E-state index in [9.17, 15) is 10.1 Å². The lowest BCUT2D eigenvalue weighted by molar-refractivity contribution is 0.104. The Balaban J connectivity index is 1.68. The zero-order valence-corrected chi connectivity index (χ0v) is 16.2. The molecule has 6 nitrogen and oxygen atoms in total.